The van der Waals surface area contributed by atoms with Gasteiger partial charge in [-0.3, -0.25) is 9.59 Å². The van der Waals surface area contributed by atoms with Crippen LogP contribution in [-0.4, -0.2) is 18.4 Å². The number of benzene rings is 1. The van der Waals surface area contributed by atoms with Crippen molar-refractivity contribution >= 4 is 27.7 Å². The first-order valence-corrected chi connectivity index (χ1v) is 5.78. The largest absolute Gasteiger partial charge is 0.466 e. The summed E-state index contributed by atoms with van der Waals surface area (Å²) in [5.41, 5.74) is 1.50. The van der Waals surface area contributed by atoms with Crippen LogP contribution in [0.5, 0.6) is 0 Å². The van der Waals surface area contributed by atoms with E-state index < -0.39 is 5.97 Å². The van der Waals surface area contributed by atoms with Crippen LogP contribution in [-0.2, 0) is 9.53 Å². The number of rotatable bonds is 4. The fourth-order valence-electron chi connectivity index (χ4n) is 1.34. The average molecular weight is 285 g/mol. The summed E-state index contributed by atoms with van der Waals surface area (Å²) < 4.78 is 5.56. The minimum Gasteiger partial charge on any atom is -0.466 e. The number of carbonyl (C=O) groups is 2. The van der Waals surface area contributed by atoms with Gasteiger partial charge in [0.1, 0.15) is 6.42 Å². The van der Waals surface area contributed by atoms with Crippen LogP contribution >= 0.6 is 15.9 Å². The molecule has 16 heavy (non-hydrogen) atoms. The molecule has 0 aromatic heterocycles. The summed E-state index contributed by atoms with van der Waals surface area (Å²) in [5, 5.41) is 0. The average Bonchev–Trinajstić information content (AvgIpc) is 2.16. The number of hydrogen-bond donors (Lipinski definition) is 0. The lowest BCUT2D eigenvalue weighted by Crippen LogP contribution is -2.11. The van der Waals surface area contributed by atoms with Gasteiger partial charge in [0.05, 0.1) is 6.61 Å². The molecular formula is C12H13BrO3. The lowest BCUT2D eigenvalue weighted by molar-refractivity contribution is -0.141. The normalized spacial score (nSPS) is 9.94. The van der Waals surface area contributed by atoms with E-state index in [2.05, 4.69) is 15.9 Å². The van der Waals surface area contributed by atoms with Crippen molar-refractivity contribution < 1.29 is 14.3 Å². The second kappa shape index (κ2) is 5.80. The Morgan fingerprint density at radius 1 is 1.31 bits per heavy atom. The number of carbonyl (C=O) groups excluding carboxylic acids is 2. The number of ketones is 1. The molecule has 0 atom stereocenters. The summed E-state index contributed by atoms with van der Waals surface area (Å²) in [7, 11) is 0. The molecule has 86 valence electrons. The van der Waals surface area contributed by atoms with Gasteiger partial charge in [-0.15, -0.1) is 0 Å². The van der Waals surface area contributed by atoms with Gasteiger partial charge in [0.15, 0.2) is 5.78 Å². The van der Waals surface area contributed by atoms with Gasteiger partial charge in [-0.25, -0.2) is 0 Å². The third kappa shape index (κ3) is 3.77. The Hall–Kier alpha value is -1.16. The number of ether oxygens (including phenoxy) is 1. The van der Waals surface area contributed by atoms with Crippen LogP contribution < -0.4 is 0 Å². The predicted octanol–water partition coefficient (Wildman–Crippen LogP) is 2.89. The Morgan fingerprint density at radius 3 is 2.56 bits per heavy atom. The van der Waals surface area contributed by atoms with E-state index in [0.717, 1.165) is 10.0 Å². The fraction of sp³-hybridized carbons (Fsp3) is 0.333. The van der Waals surface area contributed by atoms with Crippen molar-refractivity contribution in [3.63, 3.8) is 0 Å². The SMILES string of the molecule is CCOC(=O)CC(=O)c1cc(C)cc(Br)c1. The molecule has 4 heteroatoms. The Morgan fingerprint density at radius 2 is 2.00 bits per heavy atom. The van der Waals surface area contributed by atoms with Crippen molar-refractivity contribution in [3.05, 3.63) is 33.8 Å². The maximum Gasteiger partial charge on any atom is 0.313 e. The third-order valence-electron chi connectivity index (χ3n) is 1.97. The Kier molecular flexibility index (Phi) is 4.68. The zero-order valence-electron chi connectivity index (χ0n) is 9.25. The van der Waals surface area contributed by atoms with Crippen molar-refractivity contribution in [1.29, 1.82) is 0 Å². The van der Waals surface area contributed by atoms with Crippen molar-refractivity contribution in [2.24, 2.45) is 0 Å². The van der Waals surface area contributed by atoms with Crippen LogP contribution in [0, 0.1) is 6.92 Å². The quantitative estimate of drug-likeness (QED) is 0.485. The summed E-state index contributed by atoms with van der Waals surface area (Å²) in [5.74, 6) is -0.701. The highest BCUT2D eigenvalue weighted by Gasteiger charge is 2.13. The predicted molar refractivity (Wildman–Crippen MR) is 64.5 cm³/mol. The molecule has 3 nitrogen and oxygen atoms in total. The van der Waals surface area contributed by atoms with Crippen LogP contribution in [0.15, 0.2) is 22.7 Å². The van der Waals surface area contributed by atoms with Crippen molar-refractivity contribution in [3.8, 4) is 0 Å². The molecule has 0 saturated carbocycles. The number of aryl methyl sites for hydroxylation is 1. The molecule has 0 aliphatic carbocycles. The van der Waals surface area contributed by atoms with Crippen molar-refractivity contribution in [1.82, 2.24) is 0 Å². The standard InChI is InChI=1S/C12H13BrO3/c1-3-16-12(15)7-11(14)9-4-8(2)5-10(13)6-9/h4-6H,3,7H2,1-2H3. The van der Waals surface area contributed by atoms with Gasteiger partial charge < -0.3 is 4.74 Å². The second-order valence-electron chi connectivity index (χ2n) is 3.42. The Balaban J connectivity index is 2.76. The summed E-state index contributed by atoms with van der Waals surface area (Å²) in [6.45, 7) is 3.90. The zero-order valence-corrected chi connectivity index (χ0v) is 10.8. The maximum atomic E-state index is 11.7. The molecule has 0 amide bonds. The van der Waals surface area contributed by atoms with Gasteiger partial charge >= 0.3 is 5.97 Å². The van der Waals surface area contributed by atoms with Crippen LogP contribution in [0.2, 0.25) is 0 Å². The monoisotopic (exact) mass is 284 g/mol. The number of hydrogen-bond acceptors (Lipinski definition) is 3. The summed E-state index contributed by atoms with van der Waals surface area (Å²) in [4.78, 5) is 22.9. The van der Waals surface area contributed by atoms with E-state index in [9.17, 15) is 9.59 Å². The van der Waals surface area contributed by atoms with E-state index in [1.807, 2.05) is 13.0 Å². The Labute approximate surface area is 103 Å². The van der Waals surface area contributed by atoms with Crippen LogP contribution in [0.4, 0.5) is 0 Å². The first-order valence-electron chi connectivity index (χ1n) is 4.99. The molecule has 0 aliphatic rings. The summed E-state index contributed by atoms with van der Waals surface area (Å²) in [6.07, 6.45) is -0.205. The molecule has 0 radical (unpaired) electrons. The molecule has 0 bridgehead atoms. The van der Waals surface area contributed by atoms with Gasteiger partial charge in [0.2, 0.25) is 0 Å². The van der Waals surface area contributed by atoms with Gasteiger partial charge in [0.25, 0.3) is 0 Å². The molecule has 1 aromatic carbocycles. The summed E-state index contributed by atoms with van der Waals surface area (Å²) >= 11 is 3.31. The lowest BCUT2D eigenvalue weighted by Gasteiger charge is -2.03. The highest BCUT2D eigenvalue weighted by Crippen LogP contribution is 2.16. The number of Topliss-reactive ketones (excluding diaryl/α,β-unsaturated/α-hetero) is 1. The highest BCUT2D eigenvalue weighted by atomic mass is 79.9. The molecule has 0 saturated heterocycles. The van der Waals surface area contributed by atoms with E-state index in [0.29, 0.717) is 12.2 Å². The van der Waals surface area contributed by atoms with Crippen LogP contribution in [0.25, 0.3) is 0 Å². The van der Waals surface area contributed by atoms with E-state index in [4.69, 9.17) is 4.74 Å². The van der Waals surface area contributed by atoms with Gasteiger partial charge in [0, 0.05) is 10.0 Å². The summed E-state index contributed by atoms with van der Waals surface area (Å²) in [6, 6.07) is 5.36. The maximum absolute atomic E-state index is 11.7. The minimum atomic E-state index is -0.481. The molecule has 0 aliphatic heterocycles. The molecule has 1 rings (SSSR count). The van der Waals surface area contributed by atoms with Crippen molar-refractivity contribution in [2.45, 2.75) is 20.3 Å². The van der Waals surface area contributed by atoms with E-state index in [-0.39, 0.29) is 12.2 Å². The van der Waals surface area contributed by atoms with Gasteiger partial charge in [-0.2, -0.15) is 0 Å². The molecule has 1 aromatic rings. The van der Waals surface area contributed by atoms with E-state index in [1.165, 1.54) is 0 Å². The molecule has 0 unspecified atom stereocenters. The second-order valence-corrected chi connectivity index (χ2v) is 4.34. The number of halogens is 1. The minimum absolute atomic E-state index is 0.205. The van der Waals surface area contributed by atoms with Crippen molar-refractivity contribution in [2.75, 3.05) is 6.61 Å². The first kappa shape index (κ1) is 12.9. The smallest absolute Gasteiger partial charge is 0.313 e. The van der Waals surface area contributed by atoms with E-state index >= 15 is 0 Å². The molecule has 0 fully saturated rings. The highest BCUT2D eigenvalue weighted by molar-refractivity contribution is 9.10. The molecule has 0 N–H and O–H groups in total. The van der Waals surface area contributed by atoms with E-state index in [1.54, 1.807) is 19.1 Å². The molecule has 0 spiro atoms. The molecule has 0 heterocycles. The van der Waals surface area contributed by atoms with Crippen LogP contribution in [0.1, 0.15) is 29.3 Å². The topological polar surface area (TPSA) is 43.4 Å². The number of esters is 1. The first-order chi connectivity index (χ1) is 7.52. The van der Waals surface area contributed by atoms with Gasteiger partial charge in [-0.05, 0) is 37.6 Å². The zero-order chi connectivity index (χ0) is 12.1. The Bertz CT molecular complexity index is 392. The molecular weight excluding hydrogens is 272 g/mol. The fourth-order valence-corrected chi connectivity index (χ4v) is 1.95. The third-order valence-corrected chi connectivity index (χ3v) is 2.43. The lowest BCUT2D eigenvalue weighted by atomic mass is 10.1. The van der Waals surface area contributed by atoms with Crippen LogP contribution in [0.3, 0.4) is 0 Å². The van der Waals surface area contributed by atoms with Gasteiger partial charge in [-0.1, -0.05) is 15.9 Å².